The summed E-state index contributed by atoms with van der Waals surface area (Å²) >= 11 is 11.9. The number of aromatic nitrogens is 1. The number of pyridine rings is 1. The van der Waals surface area contributed by atoms with Crippen molar-refractivity contribution in [1.29, 1.82) is 0 Å². The first-order chi connectivity index (χ1) is 8.45. The normalized spacial score (nSPS) is 28.1. The minimum atomic E-state index is 0.0364. The minimum absolute atomic E-state index is 0.0364. The highest BCUT2D eigenvalue weighted by molar-refractivity contribution is 6.36. The highest BCUT2D eigenvalue weighted by Crippen LogP contribution is 2.31. The molecule has 2 unspecified atom stereocenters. The van der Waals surface area contributed by atoms with Crippen molar-refractivity contribution in [3.8, 4) is 5.88 Å². The van der Waals surface area contributed by atoms with Gasteiger partial charge in [-0.2, -0.15) is 4.98 Å². The molecule has 100 valence electrons. The number of anilines is 1. The smallest absolute Gasteiger partial charge is 0.234 e. The van der Waals surface area contributed by atoms with Crippen LogP contribution in [0, 0.1) is 0 Å². The van der Waals surface area contributed by atoms with Crippen LogP contribution < -0.4 is 10.5 Å². The molecular formula is C12H16Cl2N2O2. The van der Waals surface area contributed by atoms with E-state index < -0.39 is 0 Å². The molecule has 0 bridgehead atoms. The molecule has 0 aliphatic carbocycles. The summed E-state index contributed by atoms with van der Waals surface area (Å²) in [6, 6.07) is 1.55. The molecule has 4 nitrogen and oxygen atoms in total. The second kappa shape index (κ2) is 5.51. The van der Waals surface area contributed by atoms with Crippen LogP contribution in [0.25, 0.3) is 0 Å². The minimum Gasteiger partial charge on any atom is -0.473 e. The molecule has 1 aliphatic rings. The van der Waals surface area contributed by atoms with E-state index in [1.165, 1.54) is 0 Å². The zero-order chi connectivity index (χ0) is 13.3. The van der Waals surface area contributed by atoms with Gasteiger partial charge in [0, 0.05) is 12.8 Å². The lowest BCUT2D eigenvalue weighted by Crippen LogP contribution is -2.35. The van der Waals surface area contributed by atoms with Gasteiger partial charge in [-0.05, 0) is 19.9 Å². The lowest BCUT2D eigenvalue weighted by molar-refractivity contribution is -0.0729. The average molecular weight is 291 g/mol. The van der Waals surface area contributed by atoms with Crippen molar-refractivity contribution < 1.29 is 9.47 Å². The Hall–Kier alpha value is -0.710. The fourth-order valence-electron chi connectivity index (χ4n) is 2.14. The molecule has 0 aromatic carbocycles. The third kappa shape index (κ3) is 3.19. The Balaban J connectivity index is 2.11. The van der Waals surface area contributed by atoms with Crippen molar-refractivity contribution in [1.82, 2.24) is 4.98 Å². The number of nitrogens with zero attached hydrogens (tertiary/aromatic N) is 1. The molecule has 6 heteroatoms. The highest BCUT2D eigenvalue weighted by atomic mass is 35.5. The summed E-state index contributed by atoms with van der Waals surface area (Å²) in [5.41, 5.74) is 5.64. The lowest BCUT2D eigenvalue weighted by atomic mass is 10.0. The van der Waals surface area contributed by atoms with Gasteiger partial charge in [-0.15, -0.1) is 0 Å². The molecule has 2 heterocycles. The number of rotatable bonds is 2. The molecule has 2 N–H and O–H groups in total. The van der Waals surface area contributed by atoms with Gasteiger partial charge in [0.2, 0.25) is 5.88 Å². The first-order valence-corrected chi connectivity index (χ1v) is 6.65. The molecule has 1 aromatic heterocycles. The quantitative estimate of drug-likeness (QED) is 0.908. The molecule has 0 amide bonds. The Morgan fingerprint density at radius 2 is 1.89 bits per heavy atom. The largest absolute Gasteiger partial charge is 0.473 e. The number of hydrogen-bond donors (Lipinski definition) is 1. The van der Waals surface area contributed by atoms with E-state index >= 15 is 0 Å². The number of nitrogen functional groups attached to an aromatic ring is 1. The van der Waals surface area contributed by atoms with Gasteiger partial charge in [-0.3, -0.25) is 0 Å². The van der Waals surface area contributed by atoms with Crippen molar-refractivity contribution >= 4 is 29.0 Å². The molecule has 18 heavy (non-hydrogen) atoms. The van der Waals surface area contributed by atoms with E-state index in [-0.39, 0.29) is 24.1 Å². The fraction of sp³-hybridized carbons (Fsp3) is 0.583. The van der Waals surface area contributed by atoms with E-state index in [2.05, 4.69) is 4.98 Å². The molecule has 0 radical (unpaired) electrons. The summed E-state index contributed by atoms with van der Waals surface area (Å²) in [7, 11) is 0. The van der Waals surface area contributed by atoms with E-state index in [1.807, 2.05) is 13.8 Å². The van der Waals surface area contributed by atoms with Crippen molar-refractivity contribution in [2.45, 2.75) is 45.0 Å². The van der Waals surface area contributed by atoms with Crippen LogP contribution in [0.15, 0.2) is 6.07 Å². The summed E-state index contributed by atoms with van der Waals surface area (Å²) in [5, 5.41) is 0.710. The lowest BCUT2D eigenvalue weighted by Gasteiger charge is -2.32. The second-order valence-electron chi connectivity index (χ2n) is 4.61. The van der Waals surface area contributed by atoms with E-state index in [4.69, 9.17) is 38.4 Å². The monoisotopic (exact) mass is 290 g/mol. The number of hydrogen-bond acceptors (Lipinski definition) is 4. The summed E-state index contributed by atoms with van der Waals surface area (Å²) < 4.78 is 11.4. The van der Waals surface area contributed by atoms with Crippen LogP contribution in [0.1, 0.15) is 26.7 Å². The zero-order valence-corrected chi connectivity index (χ0v) is 11.8. The summed E-state index contributed by atoms with van der Waals surface area (Å²) in [4.78, 5) is 4.07. The molecule has 0 saturated carbocycles. The second-order valence-corrected chi connectivity index (χ2v) is 5.43. The summed E-state index contributed by atoms with van der Waals surface area (Å²) in [6.45, 7) is 4.05. The van der Waals surface area contributed by atoms with Gasteiger partial charge >= 0.3 is 0 Å². The van der Waals surface area contributed by atoms with Crippen LogP contribution in [0.5, 0.6) is 5.88 Å². The first kappa shape index (κ1) is 13.7. The van der Waals surface area contributed by atoms with Gasteiger partial charge in [-0.25, -0.2) is 0 Å². The van der Waals surface area contributed by atoms with Gasteiger partial charge < -0.3 is 15.2 Å². The SMILES string of the molecule is CC1CC(Oc2nc(N)c(Cl)cc2Cl)CC(C)O1. The van der Waals surface area contributed by atoms with Crippen LogP contribution >= 0.6 is 23.2 Å². The molecule has 1 saturated heterocycles. The molecular weight excluding hydrogens is 275 g/mol. The topological polar surface area (TPSA) is 57.4 Å². The van der Waals surface area contributed by atoms with Crippen molar-refractivity contribution in [3.05, 3.63) is 16.1 Å². The fourth-order valence-corrected chi connectivity index (χ4v) is 2.55. The molecule has 0 spiro atoms. The molecule has 1 fully saturated rings. The summed E-state index contributed by atoms with van der Waals surface area (Å²) in [5.74, 6) is 0.564. The Morgan fingerprint density at radius 1 is 1.28 bits per heavy atom. The average Bonchev–Trinajstić information content (AvgIpc) is 2.24. The van der Waals surface area contributed by atoms with Crippen molar-refractivity contribution in [2.75, 3.05) is 5.73 Å². The Kier molecular flexibility index (Phi) is 4.20. The number of halogens is 2. The standard InChI is InChI=1S/C12H16Cl2N2O2/c1-6-3-8(4-7(2)17-6)18-12-10(14)5-9(13)11(15)16-12/h5-8H,3-4H2,1-2H3,(H2,15,16). The van der Waals surface area contributed by atoms with Crippen LogP contribution in [-0.2, 0) is 4.74 Å². The third-order valence-corrected chi connectivity index (χ3v) is 3.43. The predicted octanol–water partition coefficient (Wildman–Crippen LogP) is 3.31. The Morgan fingerprint density at radius 3 is 2.50 bits per heavy atom. The van der Waals surface area contributed by atoms with Gasteiger partial charge in [-0.1, -0.05) is 23.2 Å². The van der Waals surface area contributed by atoms with E-state index in [0.29, 0.717) is 15.9 Å². The van der Waals surface area contributed by atoms with Gasteiger partial charge in [0.05, 0.1) is 17.2 Å². The van der Waals surface area contributed by atoms with Gasteiger partial charge in [0.25, 0.3) is 0 Å². The van der Waals surface area contributed by atoms with Crippen molar-refractivity contribution in [2.24, 2.45) is 0 Å². The molecule has 1 aliphatic heterocycles. The van der Waals surface area contributed by atoms with Crippen LogP contribution in [0.2, 0.25) is 10.0 Å². The zero-order valence-electron chi connectivity index (χ0n) is 10.3. The van der Waals surface area contributed by atoms with Crippen LogP contribution in [0.4, 0.5) is 5.82 Å². The summed E-state index contributed by atoms with van der Waals surface area (Å²) in [6.07, 6.45) is 1.99. The number of ether oxygens (including phenoxy) is 2. The first-order valence-electron chi connectivity index (χ1n) is 5.89. The van der Waals surface area contributed by atoms with Crippen LogP contribution in [0.3, 0.4) is 0 Å². The molecule has 1 aromatic rings. The van der Waals surface area contributed by atoms with E-state index in [1.54, 1.807) is 6.07 Å². The maximum Gasteiger partial charge on any atom is 0.234 e. The Labute approximate surface area is 116 Å². The maximum atomic E-state index is 6.03. The Bertz CT molecular complexity index is 432. The maximum absolute atomic E-state index is 6.03. The van der Waals surface area contributed by atoms with E-state index in [0.717, 1.165) is 12.8 Å². The van der Waals surface area contributed by atoms with Crippen LogP contribution in [-0.4, -0.2) is 23.3 Å². The highest BCUT2D eigenvalue weighted by Gasteiger charge is 2.26. The van der Waals surface area contributed by atoms with Gasteiger partial charge in [0.1, 0.15) is 16.9 Å². The van der Waals surface area contributed by atoms with Crippen molar-refractivity contribution in [3.63, 3.8) is 0 Å². The molecule has 2 rings (SSSR count). The number of nitrogens with two attached hydrogens (primary N) is 1. The van der Waals surface area contributed by atoms with E-state index in [9.17, 15) is 0 Å². The third-order valence-electron chi connectivity index (χ3n) is 2.86. The predicted molar refractivity (Wildman–Crippen MR) is 72.3 cm³/mol. The van der Waals surface area contributed by atoms with Gasteiger partial charge in [0.15, 0.2) is 0 Å². The molecule has 2 atom stereocenters.